The van der Waals surface area contributed by atoms with Crippen molar-refractivity contribution in [2.45, 2.75) is 257 Å². The summed E-state index contributed by atoms with van der Waals surface area (Å²) in [5, 5.41) is 33.2. The van der Waals surface area contributed by atoms with Gasteiger partial charge in [-0.15, -0.1) is 0 Å². The lowest BCUT2D eigenvalue weighted by Crippen LogP contribution is -2.48. The Labute approximate surface area is 354 Å². The average Bonchev–Trinajstić information content (AvgIpc) is 3.22. The highest BCUT2D eigenvalue weighted by atomic mass is 16.3. The lowest BCUT2D eigenvalue weighted by molar-refractivity contribution is -0.131. The van der Waals surface area contributed by atoms with Crippen LogP contribution in [0.4, 0.5) is 0 Å². The van der Waals surface area contributed by atoms with Gasteiger partial charge in [-0.05, 0) is 77.0 Å². The average molecular weight is 798 g/mol. The van der Waals surface area contributed by atoms with E-state index in [-0.39, 0.29) is 6.61 Å². The molecule has 0 bridgehead atoms. The molecule has 1 amide bonds. The molecule has 332 valence electrons. The zero-order valence-corrected chi connectivity index (χ0v) is 37.7. The second-order valence-corrected chi connectivity index (χ2v) is 16.6. The van der Waals surface area contributed by atoms with Crippen LogP contribution in [0.1, 0.15) is 239 Å². The largest absolute Gasteiger partial charge is 0.394 e. The molecule has 0 spiro atoms. The summed E-state index contributed by atoms with van der Waals surface area (Å²) in [6, 6.07) is -0.823. The van der Waals surface area contributed by atoms with Crippen LogP contribution in [0.2, 0.25) is 0 Å². The van der Waals surface area contributed by atoms with Gasteiger partial charge in [-0.1, -0.05) is 222 Å². The van der Waals surface area contributed by atoms with Crippen molar-refractivity contribution < 1.29 is 20.1 Å². The van der Waals surface area contributed by atoms with E-state index in [1.807, 2.05) is 6.08 Å². The SMILES string of the molecule is CCCCCCC/C=C/CC/C=C/CC/C=C/C(O)C(CO)NC(=O)C(O)CCCCCCCCCCCCCC/C=C\C/C=C\CCCCCCCCCCC. The first-order valence-electron chi connectivity index (χ1n) is 24.6. The van der Waals surface area contributed by atoms with Crippen molar-refractivity contribution in [1.29, 1.82) is 0 Å². The molecule has 4 N–H and O–H groups in total. The van der Waals surface area contributed by atoms with E-state index < -0.39 is 24.2 Å². The molecule has 0 aliphatic heterocycles. The summed E-state index contributed by atoms with van der Waals surface area (Å²) < 4.78 is 0. The Bertz CT molecular complexity index is 969. The summed E-state index contributed by atoms with van der Waals surface area (Å²) in [6.45, 7) is 4.15. The second-order valence-electron chi connectivity index (χ2n) is 16.6. The van der Waals surface area contributed by atoms with Gasteiger partial charge in [-0.3, -0.25) is 4.79 Å². The van der Waals surface area contributed by atoms with Crippen molar-refractivity contribution in [3.63, 3.8) is 0 Å². The molecule has 0 aromatic rings. The normalized spacial score (nSPS) is 14.0. The third-order valence-electron chi connectivity index (χ3n) is 11.1. The third-order valence-corrected chi connectivity index (χ3v) is 11.1. The number of hydrogen-bond acceptors (Lipinski definition) is 4. The molecule has 57 heavy (non-hydrogen) atoms. The molecule has 3 atom stereocenters. The summed E-state index contributed by atoms with van der Waals surface area (Å²) in [6.07, 6.45) is 62.7. The van der Waals surface area contributed by atoms with Gasteiger partial charge in [0.2, 0.25) is 5.91 Å². The predicted octanol–water partition coefficient (Wildman–Crippen LogP) is 14.7. The number of allylic oxidation sites excluding steroid dienone is 9. The van der Waals surface area contributed by atoms with Gasteiger partial charge in [0.05, 0.1) is 18.8 Å². The van der Waals surface area contributed by atoms with Crippen LogP contribution in [-0.4, -0.2) is 46.1 Å². The van der Waals surface area contributed by atoms with E-state index in [1.54, 1.807) is 6.08 Å². The van der Waals surface area contributed by atoms with Gasteiger partial charge in [-0.2, -0.15) is 0 Å². The molecule has 0 heterocycles. The van der Waals surface area contributed by atoms with E-state index in [4.69, 9.17) is 0 Å². The Morgan fingerprint density at radius 1 is 0.439 bits per heavy atom. The number of amides is 1. The number of aliphatic hydroxyl groups is 3. The molecule has 0 aliphatic carbocycles. The minimum absolute atomic E-state index is 0.383. The van der Waals surface area contributed by atoms with E-state index in [2.05, 4.69) is 67.8 Å². The number of unbranched alkanes of at least 4 members (excludes halogenated alkanes) is 28. The number of rotatable bonds is 44. The molecule has 0 saturated carbocycles. The van der Waals surface area contributed by atoms with Crippen molar-refractivity contribution in [1.82, 2.24) is 5.32 Å². The Hall–Kier alpha value is -1.95. The smallest absolute Gasteiger partial charge is 0.249 e. The van der Waals surface area contributed by atoms with Gasteiger partial charge in [-0.25, -0.2) is 0 Å². The van der Waals surface area contributed by atoms with Crippen LogP contribution >= 0.6 is 0 Å². The minimum Gasteiger partial charge on any atom is -0.394 e. The van der Waals surface area contributed by atoms with Crippen molar-refractivity contribution in [3.05, 3.63) is 60.8 Å². The highest BCUT2D eigenvalue weighted by molar-refractivity contribution is 5.80. The predicted molar refractivity (Wildman–Crippen MR) is 250 cm³/mol. The first kappa shape index (κ1) is 55.0. The van der Waals surface area contributed by atoms with Gasteiger partial charge in [0.1, 0.15) is 6.10 Å². The summed E-state index contributed by atoms with van der Waals surface area (Å²) in [7, 11) is 0. The maximum atomic E-state index is 12.5. The van der Waals surface area contributed by atoms with Crippen LogP contribution in [0.15, 0.2) is 60.8 Å². The number of carbonyl (C=O) groups excluding carboxylic acids is 1. The third kappa shape index (κ3) is 42.0. The zero-order valence-electron chi connectivity index (χ0n) is 37.7. The van der Waals surface area contributed by atoms with Crippen LogP contribution < -0.4 is 5.32 Å². The molecule has 0 aromatic heterocycles. The Kier molecular flexibility index (Phi) is 45.1. The minimum atomic E-state index is -1.11. The molecule has 0 radical (unpaired) electrons. The van der Waals surface area contributed by atoms with Gasteiger partial charge in [0.25, 0.3) is 0 Å². The highest BCUT2D eigenvalue weighted by Gasteiger charge is 2.22. The molecule has 0 aromatic carbocycles. The summed E-state index contributed by atoms with van der Waals surface area (Å²) in [4.78, 5) is 12.5. The first-order valence-corrected chi connectivity index (χ1v) is 24.6. The van der Waals surface area contributed by atoms with Crippen LogP contribution in [0, 0.1) is 0 Å². The number of carbonyl (C=O) groups is 1. The monoisotopic (exact) mass is 798 g/mol. The topological polar surface area (TPSA) is 89.8 Å². The fourth-order valence-corrected chi connectivity index (χ4v) is 7.19. The summed E-state index contributed by atoms with van der Waals surface area (Å²) >= 11 is 0. The molecule has 3 unspecified atom stereocenters. The fourth-order valence-electron chi connectivity index (χ4n) is 7.19. The molecule has 0 aliphatic rings. The van der Waals surface area contributed by atoms with Crippen LogP contribution in [0.25, 0.3) is 0 Å². The maximum absolute atomic E-state index is 12.5. The maximum Gasteiger partial charge on any atom is 0.249 e. The van der Waals surface area contributed by atoms with Crippen LogP contribution in [0.3, 0.4) is 0 Å². The van der Waals surface area contributed by atoms with E-state index >= 15 is 0 Å². The fraction of sp³-hybridized carbons (Fsp3) is 0.788. The van der Waals surface area contributed by atoms with E-state index in [9.17, 15) is 20.1 Å². The molecule has 0 rings (SSSR count). The molecular formula is C52H95NO4. The van der Waals surface area contributed by atoms with Crippen LogP contribution in [-0.2, 0) is 4.79 Å². The van der Waals surface area contributed by atoms with Crippen molar-refractivity contribution >= 4 is 5.91 Å². The zero-order chi connectivity index (χ0) is 41.5. The summed E-state index contributed by atoms with van der Waals surface area (Å²) in [5.41, 5.74) is 0. The summed E-state index contributed by atoms with van der Waals surface area (Å²) in [5.74, 6) is -0.520. The molecule has 0 fully saturated rings. The van der Waals surface area contributed by atoms with Gasteiger partial charge in [0.15, 0.2) is 0 Å². The van der Waals surface area contributed by atoms with Gasteiger partial charge >= 0.3 is 0 Å². The number of nitrogens with one attached hydrogen (secondary N) is 1. The molecule has 5 nitrogen and oxygen atoms in total. The van der Waals surface area contributed by atoms with E-state index in [0.29, 0.717) is 6.42 Å². The molecule has 0 saturated heterocycles. The number of hydrogen-bond donors (Lipinski definition) is 4. The number of aliphatic hydroxyl groups excluding tert-OH is 3. The molecule has 5 heteroatoms. The van der Waals surface area contributed by atoms with E-state index in [0.717, 1.165) is 51.4 Å². The van der Waals surface area contributed by atoms with Crippen molar-refractivity contribution in [3.8, 4) is 0 Å². The van der Waals surface area contributed by atoms with Crippen molar-refractivity contribution in [2.75, 3.05) is 6.61 Å². The van der Waals surface area contributed by atoms with Gasteiger partial charge < -0.3 is 20.6 Å². The van der Waals surface area contributed by atoms with E-state index in [1.165, 1.54) is 167 Å². The van der Waals surface area contributed by atoms with Crippen molar-refractivity contribution in [2.24, 2.45) is 0 Å². The Balaban J connectivity index is 3.65. The Morgan fingerprint density at radius 2 is 0.772 bits per heavy atom. The second kappa shape index (κ2) is 46.7. The standard InChI is InChI=1S/C52H95NO4/c1-3-5-7-9-11-13-15-17-19-20-21-22-23-24-25-26-27-28-29-30-31-33-35-37-39-41-43-45-47-51(56)52(57)53-49(48-54)50(55)46-44-42-40-38-36-34-32-18-16-14-12-10-8-6-4-2/h16,18,21-22,24-25,36,38,44,46,49-51,54-56H,3-15,17,19-20,23,26-35,37,39-43,45,47-48H2,1-2H3,(H,53,57)/b18-16+,22-21-,25-24-,38-36+,46-44+. The molecular weight excluding hydrogens is 703 g/mol. The lowest BCUT2D eigenvalue weighted by atomic mass is 10.0. The van der Waals surface area contributed by atoms with Crippen LogP contribution in [0.5, 0.6) is 0 Å². The Morgan fingerprint density at radius 3 is 1.18 bits per heavy atom. The first-order chi connectivity index (χ1) is 28.1. The lowest BCUT2D eigenvalue weighted by Gasteiger charge is -2.21. The van der Waals surface area contributed by atoms with Gasteiger partial charge in [0, 0.05) is 0 Å². The highest BCUT2D eigenvalue weighted by Crippen LogP contribution is 2.15. The quantitative estimate of drug-likeness (QED) is 0.0365.